The topological polar surface area (TPSA) is 39.4 Å². The molecule has 31 heavy (non-hydrogen) atoms. The van der Waals surface area contributed by atoms with Gasteiger partial charge in [0.05, 0.1) is 13.0 Å². The Hall–Kier alpha value is -3.85. The molecule has 0 saturated carbocycles. The Balaban J connectivity index is 1.48. The molecule has 0 aliphatic rings. The summed E-state index contributed by atoms with van der Waals surface area (Å²) in [4.78, 5) is 11.8. The van der Waals surface area contributed by atoms with Crippen LogP contribution in [0, 0.1) is 0 Å². The van der Waals surface area contributed by atoms with Crippen LogP contribution >= 0.6 is 0 Å². The molecule has 152 valence electrons. The summed E-state index contributed by atoms with van der Waals surface area (Å²) in [6.45, 7) is 1.86. The zero-order valence-electron chi connectivity index (χ0n) is 17.5. The van der Waals surface area contributed by atoms with Gasteiger partial charge < -0.3 is 9.15 Å². The molecule has 0 saturated heterocycles. The lowest BCUT2D eigenvalue weighted by atomic mass is 9.96. The number of benzene rings is 4. The van der Waals surface area contributed by atoms with Gasteiger partial charge in [-0.15, -0.1) is 0 Å². The molecular weight excluding hydrogens is 384 g/mol. The average molecular weight is 406 g/mol. The Bertz CT molecular complexity index is 1380. The second kappa shape index (κ2) is 7.77. The van der Waals surface area contributed by atoms with Crippen LogP contribution in [0.4, 0.5) is 0 Å². The Morgan fingerprint density at radius 2 is 1.35 bits per heavy atom. The molecule has 0 aliphatic heterocycles. The van der Waals surface area contributed by atoms with Crippen molar-refractivity contribution in [2.75, 3.05) is 7.11 Å². The maximum atomic E-state index is 11.8. The van der Waals surface area contributed by atoms with Crippen LogP contribution in [0.1, 0.15) is 18.4 Å². The van der Waals surface area contributed by atoms with Crippen molar-refractivity contribution in [3.05, 3.63) is 96.6 Å². The number of hydrogen-bond acceptors (Lipinski definition) is 3. The van der Waals surface area contributed by atoms with E-state index in [0.717, 1.165) is 49.8 Å². The first-order chi connectivity index (χ1) is 15.2. The first-order valence-electron chi connectivity index (χ1n) is 10.3. The van der Waals surface area contributed by atoms with E-state index in [0.29, 0.717) is 0 Å². The largest absolute Gasteiger partial charge is 0.469 e. The van der Waals surface area contributed by atoms with Crippen molar-refractivity contribution in [1.29, 1.82) is 0 Å². The number of furan rings is 1. The second-order valence-corrected chi connectivity index (χ2v) is 7.72. The summed E-state index contributed by atoms with van der Waals surface area (Å²) in [6, 6.07) is 31.0. The van der Waals surface area contributed by atoms with E-state index in [2.05, 4.69) is 48.5 Å². The highest BCUT2D eigenvalue weighted by Gasteiger charge is 2.15. The third-order valence-electron chi connectivity index (χ3n) is 5.90. The summed E-state index contributed by atoms with van der Waals surface area (Å²) in [5.74, 6) is -0.498. The van der Waals surface area contributed by atoms with Gasteiger partial charge in [-0.2, -0.15) is 0 Å². The highest BCUT2D eigenvalue weighted by Crippen LogP contribution is 2.36. The molecule has 1 unspecified atom stereocenters. The van der Waals surface area contributed by atoms with Crippen LogP contribution in [0.25, 0.3) is 44.2 Å². The van der Waals surface area contributed by atoms with E-state index in [1.54, 1.807) is 0 Å². The first-order valence-corrected chi connectivity index (χ1v) is 10.3. The molecule has 0 spiro atoms. The standard InChI is InChI=1S/C28H22O3/c1-18(28(29)30-2)19-10-12-20(13-11-19)21-14-16-22(17-15-21)23-7-5-8-25-24-6-3-4-9-26(24)31-27(23)25/h3-18H,1-2H3. The van der Waals surface area contributed by atoms with Crippen LogP contribution < -0.4 is 0 Å². The summed E-state index contributed by atoms with van der Waals surface area (Å²) >= 11 is 0. The number of rotatable bonds is 4. The second-order valence-electron chi connectivity index (χ2n) is 7.72. The summed E-state index contributed by atoms with van der Waals surface area (Å²) in [5, 5.41) is 2.27. The highest BCUT2D eigenvalue weighted by molar-refractivity contribution is 6.09. The molecular formula is C28H22O3. The van der Waals surface area contributed by atoms with E-state index in [1.807, 2.05) is 49.4 Å². The number of esters is 1. The van der Waals surface area contributed by atoms with E-state index in [9.17, 15) is 4.79 Å². The predicted octanol–water partition coefficient (Wildman–Crippen LogP) is 7.20. The van der Waals surface area contributed by atoms with Gasteiger partial charge in [0.1, 0.15) is 11.2 Å². The predicted molar refractivity (Wildman–Crippen MR) is 125 cm³/mol. The van der Waals surface area contributed by atoms with Crippen molar-refractivity contribution in [2.45, 2.75) is 12.8 Å². The number of fused-ring (bicyclic) bond motifs is 3. The zero-order chi connectivity index (χ0) is 21.4. The van der Waals surface area contributed by atoms with Crippen LogP contribution in [0.3, 0.4) is 0 Å². The quantitative estimate of drug-likeness (QED) is 0.296. The molecule has 1 atom stereocenters. The number of ether oxygens (including phenoxy) is 1. The van der Waals surface area contributed by atoms with Crippen molar-refractivity contribution < 1.29 is 13.9 Å². The molecule has 3 heteroatoms. The Morgan fingerprint density at radius 1 is 0.742 bits per heavy atom. The fourth-order valence-electron chi connectivity index (χ4n) is 4.09. The van der Waals surface area contributed by atoms with E-state index in [1.165, 1.54) is 7.11 Å². The van der Waals surface area contributed by atoms with Crippen molar-refractivity contribution in [3.8, 4) is 22.3 Å². The van der Waals surface area contributed by atoms with Crippen molar-refractivity contribution in [1.82, 2.24) is 0 Å². The van der Waals surface area contributed by atoms with Crippen LogP contribution in [0.15, 0.2) is 95.4 Å². The molecule has 0 bridgehead atoms. The number of methoxy groups -OCH3 is 1. The van der Waals surface area contributed by atoms with Gasteiger partial charge in [-0.05, 0) is 35.2 Å². The molecule has 3 nitrogen and oxygen atoms in total. The highest BCUT2D eigenvalue weighted by atomic mass is 16.5. The van der Waals surface area contributed by atoms with E-state index in [-0.39, 0.29) is 11.9 Å². The van der Waals surface area contributed by atoms with Gasteiger partial charge in [-0.1, -0.05) is 84.9 Å². The van der Waals surface area contributed by atoms with Gasteiger partial charge in [-0.25, -0.2) is 0 Å². The summed E-state index contributed by atoms with van der Waals surface area (Å²) < 4.78 is 11.0. The SMILES string of the molecule is COC(=O)C(C)c1ccc(-c2ccc(-c3cccc4c3oc3ccccc34)cc2)cc1. The fraction of sp³-hybridized carbons (Fsp3) is 0.107. The molecule has 1 aromatic heterocycles. The Kier molecular flexibility index (Phi) is 4.79. The minimum atomic E-state index is -0.272. The van der Waals surface area contributed by atoms with E-state index in [4.69, 9.17) is 9.15 Å². The minimum Gasteiger partial charge on any atom is -0.469 e. The minimum absolute atomic E-state index is 0.225. The van der Waals surface area contributed by atoms with Gasteiger partial charge in [0.2, 0.25) is 0 Å². The summed E-state index contributed by atoms with van der Waals surface area (Å²) in [6.07, 6.45) is 0. The third kappa shape index (κ3) is 3.38. The molecule has 0 fully saturated rings. The Morgan fingerprint density at radius 3 is 2.06 bits per heavy atom. The van der Waals surface area contributed by atoms with Crippen LogP contribution in [-0.2, 0) is 9.53 Å². The van der Waals surface area contributed by atoms with Crippen molar-refractivity contribution >= 4 is 27.9 Å². The fourth-order valence-corrected chi connectivity index (χ4v) is 4.09. The molecule has 0 N–H and O–H groups in total. The van der Waals surface area contributed by atoms with Crippen molar-refractivity contribution in [2.24, 2.45) is 0 Å². The number of carbonyl (C=O) groups is 1. The molecule has 0 radical (unpaired) electrons. The molecule has 5 rings (SSSR count). The van der Waals surface area contributed by atoms with Gasteiger partial charge >= 0.3 is 5.97 Å². The van der Waals surface area contributed by atoms with Crippen molar-refractivity contribution in [3.63, 3.8) is 0 Å². The maximum absolute atomic E-state index is 11.8. The van der Waals surface area contributed by atoms with Gasteiger partial charge in [-0.3, -0.25) is 4.79 Å². The summed E-state index contributed by atoms with van der Waals surface area (Å²) in [5.41, 5.74) is 7.20. The summed E-state index contributed by atoms with van der Waals surface area (Å²) in [7, 11) is 1.42. The first kappa shape index (κ1) is 19.1. The maximum Gasteiger partial charge on any atom is 0.312 e. The molecule has 5 aromatic rings. The smallest absolute Gasteiger partial charge is 0.312 e. The lowest BCUT2D eigenvalue weighted by Crippen LogP contribution is -2.10. The normalized spacial score (nSPS) is 12.2. The van der Waals surface area contributed by atoms with E-state index < -0.39 is 0 Å². The zero-order valence-corrected chi connectivity index (χ0v) is 17.5. The van der Waals surface area contributed by atoms with Crippen LogP contribution in [0.5, 0.6) is 0 Å². The van der Waals surface area contributed by atoms with Crippen LogP contribution in [-0.4, -0.2) is 13.1 Å². The monoisotopic (exact) mass is 406 g/mol. The molecule has 1 heterocycles. The number of carbonyl (C=O) groups excluding carboxylic acids is 1. The number of para-hydroxylation sites is 2. The van der Waals surface area contributed by atoms with Crippen LogP contribution in [0.2, 0.25) is 0 Å². The van der Waals surface area contributed by atoms with E-state index >= 15 is 0 Å². The lowest BCUT2D eigenvalue weighted by Gasteiger charge is -2.11. The third-order valence-corrected chi connectivity index (χ3v) is 5.90. The molecule has 0 amide bonds. The number of hydrogen-bond donors (Lipinski definition) is 0. The average Bonchev–Trinajstić information content (AvgIpc) is 3.22. The lowest BCUT2D eigenvalue weighted by molar-refractivity contribution is -0.141. The van der Waals surface area contributed by atoms with Gasteiger partial charge in [0, 0.05) is 16.3 Å². The molecule has 0 aliphatic carbocycles. The van der Waals surface area contributed by atoms with Gasteiger partial charge in [0.25, 0.3) is 0 Å². The van der Waals surface area contributed by atoms with Gasteiger partial charge in [0.15, 0.2) is 0 Å². The molecule has 4 aromatic carbocycles. The Labute approximate surface area is 180 Å².